The Bertz CT molecular complexity index is 3190. The number of unbranched alkanes of at least 4 members (excludes halogenated alkanes) is 2. The van der Waals surface area contributed by atoms with Gasteiger partial charge >= 0.3 is 0 Å². The van der Waals surface area contributed by atoms with Crippen LogP contribution >= 0.6 is 0 Å². The van der Waals surface area contributed by atoms with Gasteiger partial charge < -0.3 is 29.7 Å². The fourth-order valence-electron chi connectivity index (χ4n) is 11.5. The molecule has 0 radical (unpaired) electrons. The predicted octanol–water partition coefficient (Wildman–Crippen LogP) is 15.7. The third-order valence-corrected chi connectivity index (χ3v) is 15.8. The summed E-state index contributed by atoms with van der Waals surface area (Å²) in [5.41, 5.74) is 11.0. The summed E-state index contributed by atoms with van der Waals surface area (Å²) in [4.78, 5) is 18.3. The average molecular weight is 964 g/mol. The molecule has 2 heterocycles. The van der Waals surface area contributed by atoms with Crippen LogP contribution in [0.1, 0.15) is 96.8 Å². The number of piperazine rings is 1. The second-order valence-electron chi connectivity index (χ2n) is 20.3. The van der Waals surface area contributed by atoms with E-state index >= 15 is 0 Å². The van der Waals surface area contributed by atoms with Gasteiger partial charge in [-0.1, -0.05) is 142 Å². The lowest BCUT2D eigenvalue weighted by molar-refractivity contribution is 0.102. The number of aromatic hydroxyl groups is 1. The van der Waals surface area contributed by atoms with E-state index in [1.165, 1.54) is 68.3 Å². The zero-order valence-corrected chi connectivity index (χ0v) is 42.1. The minimum atomic E-state index is -0.900. The highest BCUT2D eigenvalue weighted by atomic mass is 16.5. The van der Waals surface area contributed by atoms with Crippen LogP contribution in [0.5, 0.6) is 17.2 Å². The van der Waals surface area contributed by atoms with Crippen molar-refractivity contribution in [1.82, 2.24) is 0 Å². The number of phenolic OH excluding ortho intramolecular Hbond substituents is 1. The number of ether oxygens (including phenoxy) is 2. The number of fused-ring (bicyclic) bond motifs is 3. The summed E-state index contributed by atoms with van der Waals surface area (Å²) in [6.07, 6.45) is 15.1. The number of anilines is 3. The molecule has 2 N–H and O–H groups in total. The van der Waals surface area contributed by atoms with Crippen LogP contribution in [0.25, 0.3) is 39.1 Å². The van der Waals surface area contributed by atoms with Crippen molar-refractivity contribution in [2.24, 2.45) is 5.92 Å². The Morgan fingerprint density at radius 1 is 0.671 bits per heavy atom. The van der Waals surface area contributed by atoms with Gasteiger partial charge in [0.25, 0.3) is 5.91 Å². The smallest absolute Gasteiger partial charge is 0.255 e. The van der Waals surface area contributed by atoms with Crippen molar-refractivity contribution >= 4 is 39.8 Å². The van der Waals surface area contributed by atoms with Crippen molar-refractivity contribution in [3.8, 4) is 39.5 Å². The number of amides is 1. The Kier molecular flexibility index (Phi) is 13.8. The molecule has 0 bridgehead atoms. The largest absolute Gasteiger partial charge is 0.507 e. The first-order chi connectivity index (χ1) is 35.8. The molecule has 0 aromatic heterocycles. The number of carbonyl (C=O) groups excluding carboxylic acids is 1. The summed E-state index contributed by atoms with van der Waals surface area (Å²) in [6, 6.07) is 60.1. The Balaban J connectivity index is 0.754. The minimum Gasteiger partial charge on any atom is -0.507 e. The first-order valence-electron chi connectivity index (χ1n) is 26.4. The molecule has 1 aliphatic carbocycles. The molecule has 1 saturated heterocycles. The molecule has 73 heavy (non-hydrogen) atoms. The zero-order valence-electron chi connectivity index (χ0n) is 42.1. The molecule has 11 rings (SSSR count). The predicted molar refractivity (Wildman–Crippen MR) is 300 cm³/mol. The van der Waals surface area contributed by atoms with Crippen LogP contribution < -0.4 is 24.6 Å². The number of phenols is 1. The maximum atomic E-state index is 13.5. The van der Waals surface area contributed by atoms with E-state index in [0.29, 0.717) is 28.5 Å². The second kappa shape index (κ2) is 21.1. The highest BCUT2D eigenvalue weighted by Gasteiger charge is 2.38. The number of rotatable bonds is 14. The topological polar surface area (TPSA) is 74.3 Å². The summed E-state index contributed by atoms with van der Waals surface area (Å²) >= 11 is 0. The van der Waals surface area contributed by atoms with Crippen molar-refractivity contribution < 1.29 is 19.4 Å². The molecule has 368 valence electrons. The van der Waals surface area contributed by atoms with Gasteiger partial charge in [0.15, 0.2) is 5.60 Å². The Morgan fingerprint density at radius 2 is 1.29 bits per heavy atom. The number of hydrogen-bond acceptors (Lipinski definition) is 6. The summed E-state index contributed by atoms with van der Waals surface area (Å²) in [7, 11) is 1.70. The lowest BCUT2D eigenvalue weighted by Gasteiger charge is -2.38. The van der Waals surface area contributed by atoms with Crippen LogP contribution in [-0.4, -0.2) is 44.3 Å². The molecule has 7 nitrogen and oxygen atoms in total. The van der Waals surface area contributed by atoms with Gasteiger partial charge in [0.2, 0.25) is 0 Å². The monoisotopic (exact) mass is 963 g/mol. The zero-order chi connectivity index (χ0) is 49.7. The van der Waals surface area contributed by atoms with Gasteiger partial charge in [0, 0.05) is 76.4 Å². The van der Waals surface area contributed by atoms with E-state index in [4.69, 9.17) is 9.47 Å². The van der Waals surface area contributed by atoms with Gasteiger partial charge in [-0.3, -0.25) is 4.79 Å². The molecule has 2 aliphatic heterocycles. The van der Waals surface area contributed by atoms with Crippen molar-refractivity contribution in [3.63, 3.8) is 0 Å². The quantitative estimate of drug-likeness (QED) is 0.106. The molecule has 8 aromatic carbocycles. The van der Waals surface area contributed by atoms with E-state index in [1.54, 1.807) is 7.11 Å². The summed E-state index contributed by atoms with van der Waals surface area (Å²) in [6.45, 7) is 5.99. The minimum absolute atomic E-state index is 0.146. The Morgan fingerprint density at radius 3 is 1.93 bits per heavy atom. The SMILES string of the molecule is CCCCCC1CCC(c2ccc(-c3ccc(C(=O)Nc4ccc(-c5cc6ccc7c(c6cc5O)OC(c5ccccc5)(c5ccc(N6CCN(c8ccc(OC)cc8)CC6)cc5)C=C7)cc4)cc3)cc2)CC1. The summed E-state index contributed by atoms with van der Waals surface area (Å²) in [5.74, 6) is 3.14. The standard InChI is InChI=1S/C66H65N3O4/c1-3-4-6-9-46-12-14-47(15-13-46)48-16-18-49(19-17-48)50-20-23-53(24-21-50)65(71)67-57-30-26-51(27-31-57)61-44-54-25-22-52-38-39-66(55-10-7-5-8-11-55,73-64(52)62(54)45-63(61)70)56-28-32-58(33-29-56)68-40-42-69(43-41-68)59-34-36-60(72-2)37-35-59/h5,7-8,10-11,16-39,44-47,70H,3-4,6,9,12-15,40-43H2,1-2H3,(H,67,71). The average Bonchev–Trinajstić information content (AvgIpc) is 3.46. The van der Waals surface area contributed by atoms with Crippen LogP contribution in [-0.2, 0) is 5.60 Å². The number of benzene rings is 8. The van der Waals surface area contributed by atoms with Gasteiger partial charge in [-0.2, -0.15) is 0 Å². The van der Waals surface area contributed by atoms with Crippen molar-refractivity contribution in [2.45, 2.75) is 69.8 Å². The first kappa shape index (κ1) is 47.5. The van der Waals surface area contributed by atoms with E-state index in [1.807, 2.05) is 78.9 Å². The third-order valence-electron chi connectivity index (χ3n) is 15.8. The van der Waals surface area contributed by atoms with E-state index < -0.39 is 5.60 Å². The molecule has 7 heteroatoms. The number of nitrogens with zero attached hydrogens (tertiary/aromatic N) is 2. The van der Waals surface area contributed by atoms with Crippen LogP contribution in [0.3, 0.4) is 0 Å². The molecular weight excluding hydrogens is 899 g/mol. The van der Waals surface area contributed by atoms with Gasteiger partial charge in [0.1, 0.15) is 17.2 Å². The molecule has 2 fully saturated rings. The van der Waals surface area contributed by atoms with Crippen molar-refractivity contribution in [2.75, 3.05) is 48.4 Å². The normalized spacial score (nSPS) is 18.5. The fourth-order valence-corrected chi connectivity index (χ4v) is 11.5. The fraction of sp³-hybridized carbons (Fsp3) is 0.258. The third kappa shape index (κ3) is 10.1. The molecule has 1 amide bonds. The number of hydrogen-bond donors (Lipinski definition) is 2. The van der Waals surface area contributed by atoms with Crippen LogP contribution in [0.15, 0.2) is 182 Å². The van der Waals surface area contributed by atoms with Crippen LogP contribution in [0, 0.1) is 5.92 Å². The van der Waals surface area contributed by atoms with Crippen LogP contribution in [0.4, 0.5) is 17.1 Å². The Labute approximate surface area is 430 Å². The maximum Gasteiger partial charge on any atom is 0.255 e. The van der Waals surface area contributed by atoms with Gasteiger partial charge in [-0.05, 0) is 144 Å². The van der Waals surface area contributed by atoms with Crippen molar-refractivity contribution in [3.05, 3.63) is 210 Å². The summed E-state index contributed by atoms with van der Waals surface area (Å²) in [5, 5.41) is 16.5. The molecule has 1 atom stereocenters. The number of methoxy groups -OCH3 is 1. The number of carbonyl (C=O) groups is 1. The number of nitrogens with one attached hydrogen (secondary N) is 1. The van der Waals surface area contributed by atoms with E-state index in [0.717, 1.165) is 82.0 Å². The lowest BCUT2D eigenvalue weighted by Crippen LogP contribution is -2.46. The van der Waals surface area contributed by atoms with Gasteiger partial charge in [0.05, 0.1) is 7.11 Å². The maximum absolute atomic E-state index is 13.5. The molecule has 3 aliphatic rings. The first-order valence-corrected chi connectivity index (χ1v) is 26.4. The van der Waals surface area contributed by atoms with E-state index in [-0.39, 0.29) is 11.7 Å². The van der Waals surface area contributed by atoms with Crippen molar-refractivity contribution in [1.29, 1.82) is 0 Å². The Hall–Kier alpha value is -7.77. The van der Waals surface area contributed by atoms with E-state index in [2.05, 4.69) is 131 Å². The molecular formula is C66H65N3O4. The molecule has 1 unspecified atom stereocenters. The van der Waals surface area contributed by atoms with Gasteiger partial charge in [-0.15, -0.1) is 0 Å². The molecule has 8 aromatic rings. The molecule has 1 saturated carbocycles. The van der Waals surface area contributed by atoms with E-state index in [9.17, 15) is 9.90 Å². The molecule has 0 spiro atoms. The highest BCUT2D eigenvalue weighted by Crippen LogP contribution is 2.47. The summed E-state index contributed by atoms with van der Waals surface area (Å²) < 4.78 is 12.6. The highest BCUT2D eigenvalue weighted by molar-refractivity contribution is 6.05. The lowest BCUT2D eigenvalue weighted by atomic mass is 9.77. The van der Waals surface area contributed by atoms with Gasteiger partial charge in [-0.25, -0.2) is 0 Å². The second-order valence-corrected chi connectivity index (χ2v) is 20.3. The van der Waals surface area contributed by atoms with Crippen LogP contribution in [0.2, 0.25) is 0 Å².